The highest BCUT2D eigenvalue weighted by Gasteiger charge is 2.29. The van der Waals surface area contributed by atoms with Crippen LogP contribution in [-0.4, -0.2) is 19.6 Å². The Balaban J connectivity index is 1.47. The first-order chi connectivity index (χ1) is 41.3. The summed E-state index contributed by atoms with van der Waals surface area (Å²) in [7, 11) is 0. The van der Waals surface area contributed by atoms with Crippen molar-refractivity contribution in [3.8, 4) is 78.6 Å². The number of aromatic hydroxyl groups is 1. The van der Waals surface area contributed by atoms with Crippen molar-refractivity contribution >= 4 is 11.0 Å². The summed E-state index contributed by atoms with van der Waals surface area (Å²) in [6.07, 6.45) is 1.58. The molecule has 0 aliphatic heterocycles. The van der Waals surface area contributed by atoms with Crippen molar-refractivity contribution in [2.45, 2.75) is 91.8 Å². The molecule has 2 aromatic heterocycles. The molecule has 0 bridgehead atoms. The van der Waals surface area contributed by atoms with Crippen molar-refractivity contribution in [2.75, 3.05) is 0 Å². The number of imidazole rings is 1. The summed E-state index contributed by atoms with van der Waals surface area (Å²) in [6, 6.07) is 41.7. The molecule has 0 fully saturated rings. The van der Waals surface area contributed by atoms with Crippen LogP contribution in [0.1, 0.15) is 123 Å². The van der Waals surface area contributed by atoms with E-state index in [2.05, 4.69) is 0 Å². The minimum absolute atomic E-state index is 0.00335. The molecule has 0 saturated carbocycles. The Morgan fingerprint density at radius 3 is 1.86 bits per heavy atom. The molecule has 4 heteroatoms. The van der Waals surface area contributed by atoms with Crippen LogP contribution in [0.3, 0.4) is 0 Å². The largest absolute Gasteiger partial charge is 0.507 e. The van der Waals surface area contributed by atoms with Crippen molar-refractivity contribution in [2.24, 2.45) is 0 Å². The molecular weight excluding hydrogens is 803 g/mol. The molecule has 4 nitrogen and oxygen atoms in total. The van der Waals surface area contributed by atoms with Gasteiger partial charge in [0.2, 0.25) is 0 Å². The van der Waals surface area contributed by atoms with Gasteiger partial charge in [0.15, 0.2) is 0 Å². The lowest BCUT2D eigenvalue weighted by Gasteiger charge is -2.27. The summed E-state index contributed by atoms with van der Waals surface area (Å²) in [5, 5.41) is 13.1. The Morgan fingerprint density at radius 2 is 1.17 bits per heavy atom. The third-order valence-corrected chi connectivity index (χ3v) is 11.8. The quantitative estimate of drug-likeness (QED) is 0.173. The fourth-order valence-electron chi connectivity index (χ4n) is 8.30. The second-order valence-electron chi connectivity index (χ2n) is 17.6. The number of phenols is 1. The van der Waals surface area contributed by atoms with Crippen molar-refractivity contribution in [1.29, 1.82) is 0 Å². The van der Waals surface area contributed by atoms with Gasteiger partial charge in [0.05, 0.1) is 28.0 Å². The molecule has 66 heavy (non-hydrogen) atoms. The zero-order valence-electron chi connectivity index (χ0n) is 60.4. The number of pyridine rings is 1. The first-order valence-electron chi connectivity index (χ1n) is 33.2. The van der Waals surface area contributed by atoms with E-state index in [1.165, 1.54) is 34.9 Å². The SMILES string of the molecule is [2H]C([2H])([2H])c1ccc(-c2ccnc(-c3cc(-c4ccccc4)cc(-c4cccc5c4nc(-c4cc(C(C([2H])([2H])[2H])(C([2H])([2H])[2H])C([2H])([2H])[2H])cc(C(C([2H])([2H])[2H])(C([2H])([2H])[2H])C([2H])([2H])[2H])c4O)n5-c4ccc(-c5ccc(C(C)(C)C)cc5)cc4C([2H])([2H])[2H])c3)c2)cc1. The average Bonchev–Trinajstić information content (AvgIpc) is 0.803. The summed E-state index contributed by atoms with van der Waals surface area (Å²) in [4.78, 5) is 9.79. The molecule has 0 aliphatic rings. The van der Waals surface area contributed by atoms with Gasteiger partial charge in [-0.25, -0.2) is 4.98 Å². The van der Waals surface area contributed by atoms with Gasteiger partial charge in [-0.3, -0.25) is 9.55 Å². The lowest BCUT2D eigenvalue weighted by molar-refractivity contribution is 0.446. The van der Waals surface area contributed by atoms with E-state index in [1.54, 1.807) is 66.9 Å². The van der Waals surface area contributed by atoms with Crippen LogP contribution in [0, 0.1) is 13.7 Å². The van der Waals surface area contributed by atoms with Gasteiger partial charge in [-0.15, -0.1) is 0 Å². The normalized spacial score (nSPS) is 19.1. The second-order valence-corrected chi connectivity index (χ2v) is 17.6. The maximum atomic E-state index is 13.1. The molecule has 0 radical (unpaired) electrons. The molecular formula is C62H61N3O. The Hall–Kier alpha value is -7.04. The number of para-hydroxylation sites is 1. The van der Waals surface area contributed by atoms with E-state index in [0.29, 0.717) is 50.7 Å². The first kappa shape index (κ1) is 23.9. The number of nitrogens with zero attached hydrogens (tertiary/aromatic N) is 3. The predicted molar refractivity (Wildman–Crippen MR) is 279 cm³/mol. The standard InChI is InChI=1S/C62H61N3O/c1-39-20-22-42(23-21-39)45-30-31-63-54(36-45)48-34-46(41-16-13-12-14-17-41)33-47(35-48)51-18-15-19-56-57(51)64-59(52-37-50(61(6,7)8)38-53(58(52)66)62(9,10)11)65(56)55-29-26-44(32-40(55)2)43-24-27-49(28-25-43)60(3,4)5/h12-38,66H,1-11H3/i1D3,2D3,6D3,7D3,8D3,9D3,10D3,11D3. The zero-order valence-corrected chi connectivity index (χ0v) is 36.4. The molecule has 330 valence electrons. The van der Waals surface area contributed by atoms with E-state index in [1.807, 2.05) is 75.4 Å². The Kier molecular flexibility index (Phi) is 6.08. The molecule has 0 amide bonds. The maximum absolute atomic E-state index is 13.1. The van der Waals surface area contributed by atoms with Crippen molar-refractivity contribution < 1.29 is 38.0 Å². The summed E-state index contributed by atoms with van der Waals surface area (Å²) in [6.45, 7) is -24.5. The van der Waals surface area contributed by atoms with E-state index in [-0.39, 0.29) is 39.3 Å². The smallest absolute Gasteiger partial charge is 0.149 e. The Bertz CT molecular complexity index is 4080. The molecule has 1 N–H and O–H groups in total. The molecule has 0 spiro atoms. The topological polar surface area (TPSA) is 50.9 Å². The molecule has 9 aromatic rings. The number of aryl methyl sites for hydroxylation is 2. The first-order valence-corrected chi connectivity index (χ1v) is 21.2. The molecule has 0 atom stereocenters. The number of benzene rings is 7. The van der Waals surface area contributed by atoms with Crippen molar-refractivity contribution in [1.82, 2.24) is 14.5 Å². The van der Waals surface area contributed by atoms with E-state index in [4.69, 9.17) is 42.9 Å². The average molecular weight is 888 g/mol. The van der Waals surface area contributed by atoms with Crippen LogP contribution in [0.15, 0.2) is 164 Å². The van der Waals surface area contributed by atoms with Gasteiger partial charge < -0.3 is 5.11 Å². The molecule has 0 saturated heterocycles. The molecule has 9 rings (SSSR count). The molecule has 0 aliphatic carbocycles. The van der Waals surface area contributed by atoms with Gasteiger partial charge in [-0.1, -0.05) is 171 Å². The van der Waals surface area contributed by atoms with Crippen LogP contribution in [0.25, 0.3) is 83.9 Å². The van der Waals surface area contributed by atoms with Crippen LogP contribution in [-0.2, 0) is 16.2 Å². The number of fused-ring (bicyclic) bond motifs is 1. The number of aromatic nitrogens is 3. The van der Waals surface area contributed by atoms with Crippen molar-refractivity contribution in [3.05, 3.63) is 192 Å². The highest BCUT2D eigenvalue weighted by atomic mass is 16.3. The van der Waals surface area contributed by atoms with Crippen LogP contribution in [0.2, 0.25) is 0 Å². The monoisotopic (exact) mass is 888 g/mol. The Labute approximate surface area is 425 Å². The van der Waals surface area contributed by atoms with E-state index in [9.17, 15) is 5.11 Å². The van der Waals surface area contributed by atoms with E-state index < -0.39 is 99.5 Å². The van der Waals surface area contributed by atoms with Crippen LogP contribution < -0.4 is 0 Å². The third-order valence-electron chi connectivity index (χ3n) is 11.8. The summed E-state index contributed by atoms with van der Waals surface area (Å²) in [5.41, 5.74) is -6.85. The molecule has 2 heterocycles. The number of phenolic OH excluding ortho intramolecular Hbond substituents is 1. The van der Waals surface area contributed by atoms with Crippen LogP contribution >= 0.6 is 0 Å². The third kappa shape index (κ3) is 8.61. The lowest BCUT2D eigenvalue weighted by Crippen LogP contribution is -2.17. The highest BCUT2D eigenvalue weighted by Crippen LogP contribution is 2.45. The fourth-order valence-corrected chi connectivity index (χ4v) is 8.30. The molecule has 7 aromatic carbocycles. The fraction of sp³-hybridized carbons (Fsp3) is 0.226. The maximum Gasteiger partial charge on any atom is 0.149 e. The van der Waals surface area contributed by atoms with Gasteiger partial charge in [0.1, 0.15) is 11.6 Å². The number of rotatable bonds is 7. The Morgan fingerprint density at radius 1 is 0.500 bits per heavy atom. The zero-order chi connectivity index (χ0) is 66.7. The second kappa shape index (κ2) is 16.7. The van der Waals surface area contributed by atoms with E-state index >= 15 is 0 Å². The number of hydrogen-bond donors (Lipinski definition) is 1. The lowest BCUT2D eigenvalue weighted by atomic mass is 9.79. The van der Waals surface area contributed by atoms with Gasteiger partial charge in [-0.05, 0) is 140 Å². The minimum atomic E-state index is -4.26. The van der Waals surface area contributed by atoms with Gasteiger partial charge in [0, 0.05) is 55.8 Å². The highest BCUT2D eigenvalue weighted by molar-refractivity contribution is 5.98. The number of hydrogen-bond acceptors (Lipinski definition) is 3. The predicted octanol–water partition coefficient (Wildman–Crippen LogP) is 16.6. The van der Waals surface area contributed by atoms with Crippen LogP contribution in [0.4, 0.5) is 0 Å². The summed E-state index contributed by atoms with van der Waals surface area (Å²) < 4.78 is 210. The van der Waals surface area contributed by atoms with Gasteiger partial charge in [0.25, 0.3) is 0 Å². The summed E-state index contributed by atoms with van der Waals surface area (Å²) >= 11 is 0. The van der Waals surface area contributed by atoms with E-state index in [0.717, 1.165) is 11.1 Å². The van der Waals surface area contributed by atoms with Gasteiger partial charge >= 0.3 is 0 Å². The summed E-state index contributed by atoms with van der Waals surface area (Å²) in [5.74, 6) is -2.20. The van der Waals surface area contributed by atoms with Crippen molar-refractivity contribution in [3.63, 3.8) is 0 Å². The minimum Gasteiger partial charge on any atom is -0.507 e. The van der Waals surface area contributed by atoms with Crippen LogP contribution in [0.5, 0.6) is 5.75 Å². The molecule has 0 unspecified atom stereocenters. The van der Waals surface area contributed by atoms with Gasteiger partial charge in [-0.2, -0.15) is 0 Å².